The molecule has 0 radical (unpaired) electrons. The maximum atomic E-state index is 11.9. The first kappa shape index (κ1) is 20.6. The lowest BCUT2D eigenvalue weighted by molar-refractivity contribution is -0.121. The summed E-state index contributed by atoms with van der Waals surface area (Å²) < 4.78 is 11.2. The Kier molecular flexibility index (Phi) is 10.3. The molecule has 1 heterocycles. The van der Waals surface area contributed by atoms with Crippen LogP contribution in [0.2, 0.25) is 0 Å². The van der Waals surface area contributed by atoms with Gasteiger partial charge in [-0.1, -0.05) is 12.1 Å². The summed E-state index contributed by atoms with van der Waals surface area (Å²) in [6, 6.07) is 7.62. The Balaban J connectivity index is 0.00000288. The molecule has 0 aliphatic carbocycles. The lowest BCUT2D eigenvalue weighted by atomic mass is 10.00. The largest absolute Gasteiger partial charge is 0.490 e. The quantitative estimate of drug-likeness (QED) is 0.668. The van der Waals surface area contributed by atoms with Gasteiger partial charge in [0, 0.05) is 13.0 Å². The molecule has 0 saturated carbocycles. The third-order valence-corrected chi connectivity index (χ3v) is 3.94. The molecule has 1 aliphatic rings. The maximum absolute atomic E-state index is 11.9. The summed E-state index contributed by atoms with van der Waals surface area (Å²) in [6.07, 6.45) is 3.60. The third-order valence-electron chi connectivity index (χ3n) is 3.94. The van der Waals surface area contributed by atoms with Crippen molar-refractivity contribution in [1.82, 2.24) is 10.6 Å². The van der Waals surface area contributed by atoms with Crippen molar-refractivity contribution in [2.24, 2.45) is 5.92 Å². The molecule has 1 aromatic carbocycles. The highest BCUT2D eigenvalue weighted by Gasteiger charge is 2.13. The number of amides is 1. The Labute approximate surface area is 150 Å². The molecule has 1 fully saturated rings. The number of benzene rings is 1. The van der Waals surface area contributed by atoms with Crippen LogP contribution in [0.15, 0.2) is 24.3 Å². The van der Waals surface area contributed by atoms with Crippen LogP contribution in [0, 0.1) is 5.92 Å². The lowest BCUT2D eigenvalue weighted by Gasteiger charge is -2.22. The fourth-order valence-corrected chi connectivity index (χ4v) is 2.70. The van der Waals surface area contributed by atoms with Gasteiger partial charge in [0.2, 0.25) is 5.91 Å². The number of para-hydroxylation sites is 2. The Hall–Kier alpha value is -1.46. The fraction of sp³-hybridized carbons (Fsp3) is 0.611. The number of hydrogen-bond donors (Lipinski definition) is 2. The van der Waals surface area contributed by atoms with Gasteiger partial charge in [0.25, 0.3) is 0 Å². The van der Waals surface area contributed by atoms with Crippen molar-refractivity contribution in [2.75, 3.05) is 32.8 Å². The van der Waals surface area contributed by atoms with Gasteiger partial charge in [0.1, 0.15) is 0 Å². The van der Waals surface area contributed by atoms with Crippen molar-refractivity contribution in [1.29, 1.82) is 0 Å². The van der Waals surface area contributed by atoms with Crippen molar-refractivity contribution >= 4 is 18.3 Å². The highest BCUT2D eigenvalue weighted by molar-refractivity contribution is 5.85. The molecule has 0 spiro atoms. The Morgan fingerprint density at radius 3 is 2.71 bits per heavy atom. The van der Waals surface area contributed by atoms with Crippen LogP contribution in [-0.4, -0.2) is 38.8 Å². The van der Waals surface area contributed by atoms with E-state index < -0.39 is 0 Å². The van der Waals surface area contributed by atoms with Gasteiger partial charge in [-0.05, 0) is 57.3 Å². The van der Waals surface area contributed by atoms with E-state index in [4.69, 9.17) is 9.47 Å². The second-order valence-corrected chi connectivity index (χ2v) is 5.85. The summed E-state index contributed by atoms with van der Waals surface area (Å²) in [5.74, 6) is 2.17. The van der Waals surface area contributed by atoms with E-state index in [0.717, 1.165) is 31.1 Å². The smallest absolute Gasteiger partial charge is 0.220 e. The van der Waals surface area contributed by atoms with Crippen LogP contribution in [-0.2, 0) is 4.79 Å². The zero-order valence-electron chi connectivity index (χ0n) is 14.4. The number of nitrogens with one attached hydrogen (secondary N) is 2. The van der Waals surface area contributed by atoms with Gasteiger partial charge in [-0.15, -0.1) is 12.4 Å². The van der Waals surface area contributed by atoms with Gasteiger partial charge in [0.05, 0.1) is 13.2 Å². The van der Waals surface area contributed by atoms with E-state index in [0.29, 0.717) is 32.0 Å². The maximum Gasteiger partial charge on any atom is 0.220 e. The van der Waals surface area contributed by atoms with E-state index in [9.17, 15) is 4.79 Å². The first-order valence-corrected chi connectivity index (χ1v) is 8.61. The van der Waals surface area contributed by atoms with Gasteiger partial charge in [-0.3, -0.25) is 4.79 Å². The van der Waals surface area contributed by atoms with Crippen LogP contribution in [0.1, 0.15) is 32.6 Å². The molecule has 0 bridgehead atoms. The predicted octanol–water partition coefficient (Wildman–Crippen LogP) is 2.78. The number of piperidine rings is 1. The Morgan fingerprint density at radius 1 is 1.29 bits per heavy atom. The average molecular weight is 357 g/mol. The minimum Gasteiger partial charge on any atom is -0.490 e. The molecule has 1 aliphatic heterocycles. The first-order chi connectivity index (χ1) is 11.3. The minimum absolute atomic E-state index is 0. The summed E-state index contributed by atoms with van der Waals surface area (Å²) in [5.41, 5.74) is 0. The van der Waals surface area contributed by atoms with E-state index in [1.165, 1.54) is 12.8 Å². The van der Waals surface area contributed by atoms with Gasteiger partial charge >= 0.3 is 0 Å². The SMILES string of the molecule is CCOc1ccccc1OCCCC(=O)NCC1CCCNC1.Cl. The minimum atomic E-state index is 0. The summed E-state index contributed by atoms with van der Waals surface area (Å²) in [7, 11) is 0. The van der Waals surface area contributed by atoms with Crippen molar-refractivity contribution < 1.29 is 14.3 Å². The number of halogens is 1. The highest BCUT2D eigenvalue weighted by Crippen LogP contribution is 2.26. The van der Waals surface area contributed by atoms with E-state index in [1.54, 1.807) is 0 Å². The van der Waals surface area contributed by atoms with Gasteiger partial charge in [-0.25, -0.2) is 0 Å². The Morgan fingerprint density at radius 2 is 2.04 bits per heavy atom. The molecular weight excluding hydrogens is 328 g/mol. The average Bonchev–Trinajstić information content (AvgIpc) is 2.59. The monoisotopic (exact) mass is 356 g/mol. The molecule has 1 atom stereocenters. The molecule has 2 N–H and O–H groups in total. The number of hydrogen-bond acceptors (Lipinski definition) is 4. The number of ether oxygens (including phenoxy) is 2. The van der Waals surface area contributed by atoms with Crippen LogP contribution in [0.25, 0.3) is 0 Å². The summed E-state index contributed by atoms with van der Waals surface area (Å²) in [5, 5.41) is 6.38. The van der Waals surface area contributed by atoms with E-state index in [-0.39, 0.29) is 18.3 Å². The van der Waals surface area contributed by atoms with E-state index in [2.05, 4.69) is 10.6 Å². The highest BCUT2D eigenvalue weighted by atomic mass is 35.5. The first-order valence-electron chi connectivity index (χ1n) is 8.61. The standard InChI is InChI=1S/C18H28N2O3.ClH/c1-2-22-16-8-3-4-9-17(16)23-12-6-10-18(21)20-14-15-7-5-11-19-13-15;/h3-4,8-9,15,19H,2,5-7,10-14H2,1H3,(H,20,21);1H. The summed E-state index contributed by atoms with van der Waals surface area (Å²) in [6.45, 7) is 5.97. The molecular formula is C18H29ClN2O3. The second kappa shape index (κ2) is 12.0. The summed E-state index contributed by atoms with van der Waals surface area (Å²) in [4.78, 5) is 11.9. The topological polar surface area (TPSA) is 59.6 Å². The molecule has 24 heavy (non-hydrogen) atoms. The van der Waals surface area contributed by atoms with Crippen LogP contribution in [0.4, 0.5) is 0 Å². The molecule has 0 aromatic heterocycles. The normalized spacial score (nSPS) is 16.8. The number of carbonyl (C=O) groups excluding carboxylic acids is 1. The number of carbonyl (C=O) groups is 1. The van der Waals surface area contributed by atoms with Crippen molar-refractivity contribution in [3.63, 3.8) is 0 Å². The second-order valence-electron chi connectivity index (χ2n) is 5.85. The molecule has 2 rings (SSSR count). The van der Waals surface area contributed by atoms with E-state index >= 15 is 0 Å². The third kappa shape index (κ3) is 7.41. The molecule has 5 nitrogen and oxygen atoms in total. The van der Waals surface area contributed by atoms with Gasteiger partial charge in [-0.2, -0.15) is 0 Å². The fourth-order valence-electron chi connectivity index (χ4n) is 2.70. The van der Waals surface area contributed by atoms with Crippen LogP contribution < -0.4 is 20.1 Å². The van der Waals surface area contributed by atoms with Crippen LogP contribution in [0.3, 0.4) is 0 Å². The van der Waals surface area contributed by atoms with Crippen LogP contribution >= 0.6 is 12.4 Å². The van der Waals surface area contributed by atoms with Crippen molar-refractivity contribution in [2.45, 2.75) is 32.6 Å². The van der Waals surface area contributed by atoms with Crippen molar-refractivity contribution in [3.05, 3.63) is 24.3 Å². The molecule has 1 saturated heterocycles. The molecule has 1 unspecified atom stereocenters. The van der Waals surface area contributed by atoms with Crippen LogP contribution in [0.5, 0.6) is 11.5 Å². The lowest BCUT2D eigenvalue weighted by Crippen LogP contribution is -2.38. The molecule has 136 valence electrons. The number of rotatable bonds is 9. The molecule has 1 amide bonds. The van der Waals surface area contributed by atoms with Gasteiger partial charge in [0.15, 0.2) is 11.5 Å². The zero-order chi connectivity index (χ0) is 16.3. The molecule has 6 heteroatoms. The van der Waals surface area contributed by atoms with E-state index in [1.807, 2.05) is 31.2 Å². The van der Waals surface area contributed by atoms with Crippen molar-refractivity contribution in [3.8, 4) is 11.5 Å². The predicted molar refractivity (Wildman–Crippen MR) is 98.2 cm³/mol. The Bertz CT molecular complexity index is 479. The zero-order valence-corrected chi connectivity index (χ0v) is 15.2. The summed E-state index contributed by atoms with van der Waals surface area (Å²) >= 11 is 0. The molecule has 1 aromatic rings. The van der Waals surface area contributed by atoms with Gasteiger partial charge < -0.3 is 20.1 Å².